The van der Waals surface area contributed by atoms with Crippen molar-refractivity contribution in [3.8, 4) is 22.6 Å². The van der Waals surface area contributed by atoms with E-state index in [4.69, 9.17) is 13.9 Å². The molecule has 4 aromatic rings. The van der Waals surface area contributed by atoms with Gasteiger partial charge in [0.25, 0.3) is 0 Å². The lowest BCUT2D eigenvalue weighted by molar-refractivity contribution is 0.304. The summed E-state index contributed by atoms with van der Waals surface area (Å²) in [4.78, 5) is 25.2. The van der Waals surface area contributed by atoms with E-state index in [1.165, 1.54) is 31.4 Å². The van der Waals surface area contributed by atoms with Gasteiger partial charge in [0, 0.05) is 17.7 Å². The van der Waals surface area contributed by atoms with Gasteiger partial charge in [0.15, 0.2) is 17.0 Å². The Morgan fingerprint density at radius 2 is 1.73 bits per heavy atom. The Balaban J connectivity index is 1.69. The summed E-state index contributed by atoms with van der Waals surface area (Å²) >= 11 is 0. The molecular formula is C24H17FO5. The van der Waals surface area contributed by atoms with Crippen molar-refractivity contribution in [2.24, 2.45) is 0 Å². The van der Waals surface area contributed by atoms with Gasteiger partial charge >= 0.3 is 5.63 Å². The Morgan fingerprint density at radius 1 is 0.933 bits per heavy atom. The number of methoxy groups -OCH3 is 1. The van der Waals surface area contributed by atoms with Crippen LogP contribution in [0.3, 0.4) is 0 Å². The fourth-order valence-electron chi connectivity index (χ4n) is 3.13. The lowest BCUT2D eigenvalue weighted by Crippen LogP contribution is -2.03. The Kier molecular flexibility index (Phi) is 5.30. The van der Waals surface area contributed by atoms with Crippen LogP contribution >= 0.6 is 0 Å². The molecule has 0 fully saturated rings. The van der Waals surface area contributed by atoms with Crippen LogP contribution in [-0.2, 0) is 6.61 Å². The minimum Gasteiger partial charge on any atom is -0.494 e. The minimum absolute atomic E-state index is 0.0924. The van der Waals surface area contributed by atoms with Gasteiger partial charge in [-0.15, -0.1) is 0 Å². The standard InChI is InChI=1S/C24H17FO5/c1-28-21-10-7-15(11-20(21)25)14-29-17-8-9-18-22(12-17)30-23(26)13-19(24(18)27)16-5-3-2-4-6-16/h2-13H,14H2,1H3. The number of hydrogen-bond acceptors (Lipinski definition) is 5. The van der Waals surface area contributed by atoms with Gasteiger partial charge in [-0.25, -0.2) is 9.18 Å². The smallest absolute Gasteiger partial charge is 0.336 e. The molecule has 0 radical (unpaired) electrons. The largest absolute Gasteiger partial charge is 0.494 e. The average molecular weight is 404 g/mol. The molecule has 1 heterocycles. The van der Waals surface area contributed by atoms with E-state index in [-0.39, 0.29) is 34.3 Å². The van der Waals surface area contributed by atoms with Crippen molar-refractivity contribution < 1.29 is 18.3 Å². The highest BCUT2D eigenvalue weighted by molar-refractivity contribution is 5.81. The summed E-state index contributed by atoms with van der Waals surface area (Å²) in [5.74, 6) is 0.0456. The van der Waals surface area contributed by atoms with Crippen molar-refractivity contribution in [2.75, 3.05) is 7.11 Å². The van der Waals surface area contributed by atoms with E-state index in [9.17, 15) is 14.0 Å². The van der Waals surface area contributed by atoms with Gasteiger partial charge in [0.1, 0.15) is 17.9 Å². The summed E-state index contributed by atoms with van der Waals surface area (Å²) < 4.78 is 29.7. The summed E-state index contributed by atoms with van der Waals surface area (Å²) in [6.45, 7) is 0.0924. The molecule has 0 atom stereocenters. The highest BCUT2D eigenvalue weighted by Crippen LogP contribution is 2.22. The van der Waals surface area contributed by atoms with Crippen LogP contribution in [0.4, 0.5) is 4.39 Å². The quantitative estimate of drug-likeness (QED) is 0.488. The Bertz CT molecular complexity index is 1330. The molecule has 0 aliphatic heterocycles. The minimum atomic E-state index is -0.643. The zero-order valence-electron chi connectivity index (χ0n) is 16.1. The van der Waals surface area contributed by atoms with Gasteiger partial charge in [0.2, 0.25) is 0 Å². The van der Waals surface area contributed by atoms with Crippen molar-refractivity contribution in [2.45, 2.75) is 6.61 Å². The van der Waals surface area contributed by atoms with Crippen LogP contribution < -0.4 is 20.5 Å². The summed E-state index contributed by atoms with van der Waals surface area (Å²) in [6, 6.07) is 19.3. The highest BCUT2D eigenvalue weighted by Gasteiger charge is 2.10. The second-order valence-corrected chi connectivity index (χ2v) is 6.59. The first kappa shape index (κ1) is 19.4. The van der Waals surface area contributed by atoms with Gasteiger partial charge in [0.05, 0.1) is 12.5 Å². The third-order valence-electron chi connectivity index (χ3n) is 4.62. The summed E-state index contributed by atoms with van der Waals surface area (Å²) in [5.41, 5.74) is 0.659. The lowest BCUT2D eigenvalue weighted by Gasteiger charge is -2.08. The van der Waals surface area contributed by atoms with Gasteiger partial charge in [-0.1, -0.05) is 36.4 Å². The normalized spacial score (nSPS) is 10.7. The first-order valence-electron chi connectivity index (χ1n) is 9.18. The molecule has 4 rings (SSSR count). The second-order valence-electron chi connectivity index (χ2n) is 6.59. The molecule has 0 amide bonds. The van der Waals surface area contributed by atoms with Crippen LogP contribution in [0.2, 0.25) is 0 Å². The Hall–Kier alpha value is -3.93. The number of benzene rings is 3. The SMILES string of the molecule is COc1ccc(COc2ccc3c(=O)c(-c4ccccc4)cc(=O)oc3c2)cc1F. The molecule has 0 aliphatic rings. The van der Waals surface area contributed by atoms with Crippen molar-refractivity contribution in [1.29, 1.82) is 0 Å². The number of hydrogen-bond donors (Lipinski definition) is 0. The summed E-state index contributed by atoms with van der Waals surface area (Å²) in [7, 11) is 1.39. The molecule has 0 saturated heterocycles. The topological polar surface area (TPSA) is 65.7 Å². The molecule has 30 heavy (non-hydrogen) atoms. The molecule has 1 aromatic heterocycles. The van der Waals surface area contributed by atoms with Gasteiger partial charge in [-0.05, 0) is 35.4 Å². The van der Waals surface area contributed by atoms with Crippen LogP contribution in [0.5, 0.6) is 11.5 Å². The van der Waals surface area contributed by atoms with E-state index in [1.807, 2.05) is 6.07 Å². The number of rotatable bonds is 5. The maximum absolute atomic E-state index is 13.8. The third kappa shape index (κ3) is 3.93. The van der Waals surface area contributed by atoms with Crippen LogP contribution in [-0.4, -0.2) is 7.11 Å². The maximum Gasteiger partial charge on any atom is 0.336 e. The molecule has 5 nitrogen and oxygen atoms in total. The molecule has 0 spiro atoms. The summed E-state index contributed by atoms with van der Waals surface area (Å²) in [6.07, 6.45) is 0. The zero-order chi connectivity index (χ0) is 21.1. The van der Waals surface area contributed by atoms with E-state index >= 15 is 0 Å². The fourth-order valence-corrected chi connectivity index (χ4v) is 3.13. The molecule has 0 bridgehead atoms. The molecular weight excluding hydrogens is 387 g/mol. The predicted octanol–water partition coefficient (Wildman–Crippen LogP) is 4.55. The third-order valence-corrected chi connectivity index (χ3v) is 4.62. The number of fused-ring (bicyclic) bond motifs is 1. The van der Waals surface area contributed by atoms with E-state index < -0.39 is 11.4 Å². The molecule has 6 heteroatoms. The predicted molar refractivity (Wildman–Crippen MR) is 111 cm³/mol. The zero-order valence-corrected chi connectivity index (χ0v) is 16.1. The van der Waals surface area contributed by atoms with Crippen LogP contribution in [0.15, 0.2) is 86.8 Å². The molecule has 150 valence electrons. The van der Waals surface area contributed by atoms with Crippen molar-refractivity contribution >= 4 is 11.0 Å². The van der Waals surface area contributed by atoms with Crippen LogP contribution in [0, 0.1) is 5.82 Å². The second kappa shape index (κ2) is 8.21. The first-order valence-corrected chi connectivity index (χ1v) is 9.18. The molecule has 0 saturated carbocycles. The van der Waals surface area contributed by atoms with Crippen molar-refractivity contribution in [1.82, 2.24) is 0 Å². The first-order chi connectivity index (χ1) is 14.5. The molecule has 0 unspecified atom stereocenters. The monoisotopic (exact) mass is 404 g/mol. The summed E-state index contributed by atoms with van der Waals surface area (Å²) in [5, 5.41) is 0.263. The van der Waals surface area contributed by atoms with E-state index in [2.05, 4.69) is 0 Å². The van der Waals surface area contributed by atoms with E-state index in [0.717, 1.165) is 0 Å². The number of halogens is 1. The van der Waals surface area contributed by atoms with Gasteiger partial charge in [-0.3, -0.25) is 4.79 Å². The van der Waals surface area contributed by atoms with Crippen LogP contribution in [0.25, 0.3) is 22.1 Å². The van der Waals surface area contributed by atoms with Crippen molar-refractivity contribution in [3.05, 3.63) is 105 Å². The van der Waals surface area contributed by atoms with E-state index in [1.54, 1.807) is 42.5 Å². The van der Waals surface area contributed by atoms with E-state index in [0.29, 0.717) is 16.9 Å². The highest BCUT2D eigenvalue weighted by atomic mass is 19.1. The van der Waals surface area contributed by atoms with Gasteiger partial charge in [-0.2, -0.15) is 0 Å². The molecule has 0 aliphatic carbocycles. The Labute approximate surface area is 170 Å². The molecule has 3 aromatic carbocycles. The fraction of sp³-hybridized carbons (Fsp3) is 0.0833. The lowest BCUT2D eigenvalue weighted by atomic mass is 10.1. The maximum atomic E-state index is 13.8. The number of ether oxygens (including phenoxy) is 2. The van der Waals surface area contributed by atoms with Gasteiger partial charge < -0.3 is 13.9 Å². The van der Waals surface area contributed by atoms with Crippen molar-refractivity contribution in [3.63, 3.8) is 0 Å². The molecule has 0 N–H and O–H groups in total. The van der Waals surface area contributed by atoms with Crippen LogP contribution in [0.1, 0.15) is 5.56 Å². The average Bonchev–Trinajstić information content (AvgIpc) is 2.88. The Morgan fingerprint density at radius 3 is 2.47 bits per heavy atom.